The Morgan fingerprint density at radius 3 is 3.25 bits per heavy atom. The van der Waals surface area contributed by atoms with E-state index in [4.69, 9.17) is 4.74 Å². The Balaban J connectivity index is 1.48. The SMILES string of the molecule is O=C(c1cnc[nH]1)N1CCOCC(Cc2ccc3nccn3n2)C1. The van der Waals surface area contributed by atoms with Crippen LogP contribution in [-0.4, -0.2) is 61.7 Å². The first-order chi connectivity index (χ1) is 11.8. The van der Waals surface area contributed by atoms with Crippen molar-refractivity contribution in [2.45, 2.75) is 6.42 Å². The third-order valence-corrected chi connectivity index (χ3v) is 4.16. The second-order valence-electron chi connectivity index (χ2n) is 5.92. The standard InChI is InChI=1S/C16H18N6O2/c23-16(14-8-17-11-19-14)21-5-6-24-10-12(9-21)7-13-1-2-15-18-3-4-22(15)20-13/h1-4,8,11-12H,5-7,9-10H2,(H,17,19). The number of rotatable bonds is 3. The van der Waals surface area contributed by atoms with Crippen LogP contribution in [-0.2, 0) is 11.2 Å². The van der Waals surface area contributed by atoms with Crippen molar-refractivity contribution < 1.29 is 9.53 Å². The molecule has 4 heterocycles. The van der Waals surface area contributed by atoms with Gasteiger partial charge in [-0.15, -0.1) is 0 Å². The number of aromatic nitrogens is 5. The predicted octanol–water partition coefficient (Wildman–Crippen LogP) is 0.784. The second kappa shape index (κ2) is 6.40. The summed E-state index contributed by atoms with van der Waals surface area (Å²) < 4.78 is 7.45. The van der Waals surface area contributed by atoms with Gasteiger partial charge in [-0.1, -0.05) is 0 Å². The molecule has 1 saturated heterocycles. The van der Waals surface area contributed by atoms with Gasteiger partial charge in [-0.05, 0) is 18.6 Å². The molecule has 1 fully saturated rings. The van der Waals surface area contributed by atoms with E-state index in [9.17, 15) is 4.79 Å². The fourth-order valence-corrected chi connectivity index (χ4v) is 2.99. The van der Waals surface area contributed by atoms with Crippen molar-refractivity contribution >= 4 is 11.6 Å². The number of carbonyl (C=O) groups excluding carboxylic acids is 1. The molecule has 3 aromatic heterocycles. The maximum Gasteiger partial charge on any atom is 0.272 e. The minimum Gasteiger partial charge on any atom is -0.379 e. The number of nitrogens with zero attached hydrogens (tertiary/aromatic N) is 5. The average Bonchev–Trinajstić information content (AvgIpc) is 3.23. The largest absolute Gasteiger partial charge is 0.379 e. The Bertz CT molecular complexity index is 828. The molecule has 4 rings (SSSR count). The van der Waals surface area contributed by atoms with Gasteiger partial charge in [-0.25, -0.2) is 14.5 Å². The molecule has 0 aromatic carbocycles. The third kappa shape index (κ3) is 3.00. The van der Waals surface area contributed by atoms with E-state index in [1.54, 1.807) is 16.9 Å². The summed E-state index contributed by atoms with van der Waals surface area (Å²) in [7, 11) is 0. The lowest BCUT2D eigenvalue weighted by Crippen LogP contribution is -2.36. The molecule has 3 aromatic rings. The summed E-state index contributed by atoms with van der Waals surface area (Å²) >= 11 is 0. The summed E-state index contributed by atoms with van der Waals surface area (Å²) in [5, 5.41) is 4.56. The van der Waals surface area contributed by atoms with Crippen LogP contribution >= 0.6 is 0 Å². The first-order valence-electron chi connectivity index (χ1n) is 7.94. The highest BCUT2D eigenvalue weighted by Gasteiger charge is 2.24. The zero-order chi connectivity index (χ0) is 16.4. The summed E-state index contributed by atoms with van der Waals surface area (Å²) in [6.07, 6.45) is 7.38. The molecule has 1 amide bonds. The van der Waals surface area contributed by atoms with Crippen LogP contribution in [0.25, 0.3) is 5.65 Å². The van der Waals surface area contributed by atoms with E-state index in [0.717, 1.165) is 17.8 Å². The van der Waals surface area contributed by atoms with E-state index in [-0.39, 0.29) is 11.8 Å². The van der Waals surface area contributed by atoms with Gasteiger partial charge in [0.05, 0.1) is 31.4 Å². The zero-order valence-electron chi connectivity index (χ0n) is 13.1. The van der Waals surface area contributed by atoms with E-state index in [2.05, 4.69) is 20.1 Å². The van der Waals surface area contributed by atoms with Gasteiger partial charge >= 0.3 is 0 Å². The predicted molar refractivity (Wildman–Crippen MR) is 85.5 cm³/mol. The van der Waals surface area contributed by atoms with Crippen molar-refractivity contribution in [3.8, 4) is 0 Å². The van der Waals surface area contributed by atoms with Gasteiger partial charge in [0.1, 0.15) is 5.69 Å². The van der Waals surface area contributed by atoms with Crippen molar-refractivity contribution in [1.82, 2.24) is 29.5 Å². The number of H-pyrrole nitrogens is 1. The minimum atomic E-state index is -0.0407. The molecule has 0 spiro atoms. The number of nitrogens with one attached hydrogen (secondary N) is 1. The molecule has 1 aliphatic heterocycles. The molecule has 0 radical (unpaired) electrons. The molecular formula is C16H18N6O2. The van der Waals surface area contributed by atoms with Crippen molar-refractivity contribution in [3.05, 3.63) is 48.4 Å². The van der Waals surface area contributed by atoms with Crippen LogP contribution in [0.15, 0.2) is 37.1 Å². The smallest absolute Gasteiger partial charge is 0.272 e. The summed E-state index contributed by atoms with van der Waals surface area (Å²) in [5.41, 5.74) is 2.30. The van der Waals surface area contributed by atoms with Gasteiger partial charge in [0.15, 0.2) is 5.65 Å². The normalized spacial score (nSPS) is 18.7. The Labute approximate surface area is 138 Å². The first-order valence-corrected chi connectivity index (χ1v) is 7.94. The number of ether oxygens (including phenoxy) is 1. The molecule has 8 heteroatoms. The lowest BCUT2D eigenvalue weighted by molar-refractivity contribution is 0.0732. The molecule has 1 atom stereocenters. The number of imidazole rings is 2. The summed E-state index contributed by atoms with van der Waals surface area (Å²) in [6.45, 7) is 2.39. The van der Waals surface area contributed by atoms with Crippen LogP contribution in [0, 0.1) is 5.92 Å². The van der Waals surface area contributed by atoms with Crippen molar-refractivity contribution in [1.29, 1.82) is 0 Å². The fraction of sp³-hybridized carbons (Fsp3) is 0.375. The molecule has 8 nitrogen and oxygen atoms in total. The van der Waals surface area contributed by atoms with Crippen LogP contribution in [0.3, 0.4) is 0 Å². The maximum atomic E-state index is 12.5. The maximum absolute atomic E-state index is 12.5. The fourth-order valence-electron chi connectivity index (χ4n) is 2.99. The second-order valence-corrected chi connectivity index (χ2v) is 5.92. The van der Waals surface area contributed by atoms with E-state index < -0.39 is 0 Å². The summed E-state index contributed by atoms with van der Waals surface area (Å²) in [4.78, 5) is 25.3. The van der Waals surface area contributed by atoms with Crippen LogP contribution in [0.5, 0.6) is 0 Å². The number of amides is 1. The zero-order valence-corrected chi connectivity index (χ0v) is 13.1. The number of hydrogen-bond donors (Lipinski definition) is 1. The molecular weight excluding hydrogens is 308 g/mol. The summed E-state index contributed by atoms with van der Waals surface area (Å²) in [5.74, 6) is 0.161. The number of fused-ring (bicyclic) bond motifs is 1. The highest BCUT2D eigenvalue weighted by atomic mass is 16.5. The quantitative estimate of drug-likeness (QED) is 0.768. The van der Waals surface area contributed by atoms with Gasteiger partial charge in [0.25, 0.3) is 5.91 Å². The molecule has 124 valence electrons. The van der Waals surface area contributed by atoms with Gasteiger partial charge in [-0.2, -0.15) is 5.10 Å². The number of carbonyl (C=O) groups is 1. The van der Waals surface area contributed by atoms with Crippen molar-refractivity contribution in [3.63, 3.8) is 0 Å². The highest BCUT2D eigenvalue weighted by molar-refractivity contribution is 5.92. The van der Waals surface area contributed by atoms with E-state index in [1.807, 2.05) is 23.2 Å². The molecule has 0 bridgehead atoms. The summed E-state index contributed by atoms with van der Waals surface area (Å²) in [6, 6.07) is 3.93. The first kappa shape index (κ1) is 14.8. The Kier molecular flexibility index (Phi) is 3.96. The van der Waals surface area contributed by atoms with E-state index in [1.165, 1.54) is 6.33 Å². The van der Waals surface area contributed by atoms with Gasteiger partial charge in [0, 0.05) is 31.4 Å². The molecule has 0 saturated carbocycles. The Morgan fingerprint density at radius 1 is 1.42 bits per heavy atom. The lowest BCUT2D eigenvalue weighted by atomic mass is 10.0. The topological polar surface area (TPSA) is 88.4 Å². The molecule has 1 N–H and O–H groups in total. The van der Waals surface area contributed by atoms with Crippen molar-refractivity contribution in [2.24, 2.45) is 5.92 Å². The van der Waals surface area contributed by atoms with E-state index >= 15 is 0 Å². The molecule has 0 aliphatic carbocycles. The molecule has 1 aliphatic rings. The number of aromatic amines is 1. The number of hydrogen-bond acceptors (Lipinski definition) is 5. The Hall–Kier alpha value is -2.74. The van der Waals surface area contributed by atoms with Crippen molar-refractivity contribution in [2.75, 3.05) is 26.3 Å². The molecule has 1 unspecified atom stereocenters. The van der Waals surface area contributed by atoms with Gasteiger partial charge in [0.2, 0.25) is 0 Å². The third-order valence-electron chi connectivity index (χ3n) is 4.16. The Morgan fingerprint density at radius 2 is 2.38 bits per heavy atom. The van der Waals surface area contributed by atoms with Crippen LogP contribution < -0.4 is 0 Å². The monoisotopic (exact) mass is 326 g/mol. The minimum absolute atomic E-state index is 0.0407. The van der Waals surface area contributed by atoms with Gasteiger partial charge < -0.3 is 14.6 Å². The highest BCUT2D eigenvalue weighted by Crippen LogP contribution is 2.15. The van der Waals surface area contributed by atoms with Crippen LogP contribution in [0.1, 0.15) is 16.2 Å². The lowest BCUT2D eigenvalue weighted by Gasteiger charge is -2.22. The van der Waals surface area contributed by atoms with Crippen LogP contribution in [0.4, 0.5) is 0 Å². The molecule has 24 heavy (non-hydrogen) atoms. The van der Waals surface area contributed by atoms with E-state index in [0.29, 0.717) is 32.0 Å². The average molecular weight is 326 g/mol. The van der Waals surface area contributed by atoms with Crippen LogP contribution in [0.2, 0.25) is 0 Å². The van der Waals surface area contributed by atoms with Gasteiger partial charge in [-0.3, -0.25) is 4.79 Å².